The molecule has 0 aliphatic carbocycles. The van der Waals surface area contributed by atoms with Crippen molar-refractivity contribution in [2.45, 2.75) is 6.10 Å². The molecule has 0 saturated carbocycles. The van der Waals surface area contributed by atoms with Crippen LogP contribution in [-0.4, -0.2) is 50.7 Å². The van der Waals surface area contributed by atoms with E-state index in [0.29, 0.717) is 25.1 Å². The molecule has 2 fully saturated rings. The Hall–Kier alpha value is -2.41. The molecule has 21 heavy (non-hydrogen) atoms. The fourth-order valence-electron chi connectivity index (χ4n) is 2.37. The number of hydrogen-bond donors (Lipinski definition) is 0. The Morgan fingerprint density at radius 1 is 1.10 bits per heavy atom. The minimum atomic E-state index is -0.724. The Bertz CT molecular complexity index is 571. The molecule has 1 aromatic carbocycles. The molecule has 0 bridgehead atoms. The molecule has 7 nitrogen and oxygen atoms in total. The Morgan fingerprint density at radius 2 is 1.76 bits per heavy atom. The van der Waals surface area contributed by atoms with Crippen molar-refractivity contribution in [3.8, 4) is 0 Å². The Morgan fingerprint density at radius 3 is 2.33 bits per heavy atom. The van der Waals surface area contributed by atoms with Crippen LogP contribution in [0.15, 0.2) is 24.3 Å². The van der Waals surface area contributed by atoms with Crippen molar-refractivity contribution < 1.29 is 23.9 Å². The third kappa shape index (κ3) is 2.59. The van der Waals surface area contributed by atoms with Gasteiger partial charge < -0.3 is 14.4 Å². The van der Waals surface area contributed by atoms with Crippen molar-refractivity contribution >= 4 is 29.7 Å². The van der Waals surface area contributed by atoms with E-state index in [4.69, 9.17) is 9.47 Å². The lowest BCUT2D eigenvalue weighted by Crippen LogP contribution is -2.41. The van der Waals surface area contributed by atoms with Crippen molar-refractivity contribution in [2.24, 2.45) is 0 Å². The molecule has 0 N–H and O–H groups in total. The maximum atomic E-state index is 11.7. The third-order valence-electron chi connectivity index (χ3n) is 3.45. The highest BCUT2D eigenvalue weighted by Crippen LogP contribution is 2.25. The Balaban J connectivity index is 1.76. The van der Waals surface area contributed by atoms with E-state index in [-0.39, 0.29) is 19.1 Å². The van der Waals surface area contributed by atoms with Crippen molar-refractivity contribution in [2.75, 3.05) is 36.1 Å². The third-order valence-corrected chi connectivity index (χ3v) is 3.45. The van der Waals surface area contributed by atoms with Crippen LogP contribution in [0.25, 0.3) is 0 Å². The molecule has 1 atom stereocenters. The summed E-state index contributed by atoms with van der Waals surface area (Å²) < 4.78 is 9.96. The minimum Gasteiger partial charge on any atom is -0.436 e. The van der Waals surface area contributed by atoms with Gasteiger partial charge in [-0.2, -0.15) is 0 Å². The van der Waals surface area contributed by atoms with Gasteiger partial charge in [-0.1, -0.05) is 0 Å². The SMILES string of the molecule is O=CC1CN(c2ccc(N3CCOCC3=O)cc2)C(=O)O1. The molecular weight excluding hydrogens is 276 g/mol. The van der Waals surface area contributed by atoms with Crippen molar-refractivity contribution in [3.05, 3.63) is 24.3 Å². The predicted octanol–water partition coefficient (Wildman–Crippen LogP) is 0.574. The van der Waals surface area contributed by atoms with Crippen LogP contribution < -0.4 is 9.80 Å². The van der Waals surface area contributed by atoms with E-state index in [0.717, 1.165) is 5.69 Å². The summed E-state index contributed by atoms with van der Waals surface area (Å²) in [4.78, 5) is 37.1. The first kappa shape index (κ1) is 13.6. The number of cyclic esters (lactones) is 1. The van der Waals surface area contributed by atoms with E-state index in [2.05, 4.69) is 0 Å². The second-order valence-electron chi connectivity index (χ2n) is 4.78. The highest BCUT2D eigenvalue weighted by Gasteiger charge is 2.32. The summed E-state index contributed by atoms with van der Waals surface area (Å²) in [5.41, 5.74) is 1.39. The van der Waals surface area contributed by atoms with Gasteiger partial charge in [-0.3, -0.25) is 14.5 Å². The number of carbonyl (C=O) groups is 3. The van der Waals surface area contributed by atoms with Gasteiger partial charge in [0, 0.05) is 17.9 Å². The highest BCUT2D eigenvalue weighted by molar-refractivity contribution is 5.96. The number of rotatable bonds is 3. The monoisotopic (exact) mass is 290 g/mol. The lowest BCUT2D eigenvalue weighted by molar-refractivity contribution is -0.125. The summed E-state index contributed by atoms with van der Waals surface area (Å²) in [5.74, 6) is -0.0874. The lowest BCUT2D eigenvalue weighted by Gasteiger charge is -2.27. The zero-order chi connectivity index (χ0) is 14.8. The van der Waals surface area contributed by atoms with E-state index in [1.165, 1.54) is 4.90 Å². The summed E-state index contributed by atoms with van der Waals surface area (Å²) >= 11 is 0. The summed E-state index contributed by atoms with van der Waals surface area (Å²) in [5, 5.41) is 0. The van der Waals surface area contributed by atoms with Gasteiger partial charge in [-0.15, -0.1) is 0 Å². The number of carbonyl (C=O) groups excluding carboxylic acids is 3. The number of benzene rings is 1. The topological polar surface area (TPSA) is 76.2 Å². The Kier molecular flexibility index (Phi) is 3.57. The zero-order valence-corrected chi connectivity index (χ0v) is 11.2. The lowest BCUT2D eigenvalue weighted by atomic mass is 10.2. The second-order valence-corrected chi connectivity index (χ2v) is 4.78. The number of aldehydes is 1. The summed E-state index contributed by atoms with van der Waals surface area (Å²) in [7, 11) is 0. The largest absolute Gasteiger partial charge is 0.436 e. The van der Waals surface area contributed by atoms with Gasteiger partial charge in [0.1, 0.15) is 6.61 Å². The van der Waals surface area contributed by atoms with E-state index in [1.807, 2.05) is 0 Å². The molecule has 0 spiro atoms. The number of hydrogen-bond acceptors (Lipinski definition) is 5. The molecule has 2 aliphatic rings. The number of ether oxygens (including phenoxy) is 2. The summed E-state index contributed by atoms with van der Waals surface area (Å²) in [6, 6.07) is 6.99. The zero-order valence-electron chi connectivity index (χ0n) is 11.2. The molecule has 3 rings (SSSR count). The molecule has 110 valence electrons. The molecule has 2 amide bonds. The van der Waals surface area contributed by atoms with Crippen LogP contribution >= 0.6 is 0 Å². The minimum absolute atomic E-state index is 0.0845. The van der Waals surface area contributed by atoms with Crippen LogP contribution in [0.4, 0.5) is 16.2 Å². The quantitative estimate of drug-likeness (QED) is 0.761. The fraction of sp³-hybridized carbons (Fsp3) is 0.357. The van der Waals surface area contributed by atoms with E-state index in [9.17, 15) is 14.4 Å². The van der Waals surface area contributed by atoms with Gasteiger partial charge in [0.2, 0.25) is 0 Å². The van der Waals surface area contributed by atoms with Crippen molar-refractivity contribution in [1.82, 2.24) is 0 Å². The van der Waals surface area contributed by atoms with Gasteiger partial charge in [0.05, 0.1) is 13.2 Å². The molecular formula is C14H14N2O5. The van der Waals surface area contributed by atoms with Crippen LogP contribution in [0.1, 0.15) is 0 Å². The first-order valence-corrected chi connectivity index (χ1v) is 6.60. The average molecular weight is 290 g/mol. The van der Waals surface area contributed by atoms with Crippen LogP contribution in [0.5, 0.6) is 0 Å². The molecule has 0 radical (unpaired) electrons. The van der Waals surface area contributed by atoms with E-state index in [1.54, 1.807) is 29.2 Å². The van der Waals surface area contributed by atoms with Crippen LogP contribution in [-0.2, 0) is 19.1 Å². The number of nitrogens with zero attached hydrogens (tertiary/aromatic N) is 2. The summed E-state index contributed by atoms with van der Waals surface area (Å²) in [6.07, 6.45) is -0.654. The van der Waals surface area contributed by atoms with Gasteiger partial charge >= 0.3 is 6.09 Å². The van der Waals surface area contributed by atoms with Crippen molar-refractivity contribution in [1.29, 1.82) is 0 Å². The summed E-state index contributed by atoms with van der Waals surface area (Å²) in [6.45, 7) is 1.31. The highest BCUT2D eigenvalue weighted by atomic mass is 16.6. The molecule has 2 aliphatic heterocycles. The molecule has 1 aromatic rings. The second kappa shape index (κ2) is 5.53. The Labute approximate surface area is 121 Å². The molecule has 2 heterocycles. The molecule has 1 unspecified atom stereocenters. The van der Waals surface area contributed by atoms with Gasteiger partial charge in [-0.25, -0.2) is 4.79 Å². The fourth-order valence-corrected chi connectivity index (χ4v) is 2.37. The van der Waals surface area contributed by atoms with E-state index >= 15 is 0 Å². The van der Waals surface area contributed by atoms with Gasteiger partial charge in [0.25, 0.3) is 5.91 Å². The first-order chi connectivity index (χ1) is 10.2. The molecule has 2 saturated heterocycles. The maximum Gasteiger partial charge on any atom is 0.415 e. The van der Waals surface area contributed by atoms with Crippen LogP contribution in [0.3, 0.4) is 0 Å². The number of anilines is 2. The molecule has 7 heteroatoms. The smallest absolute Gasteiger partial charge is 0.415 e. The van der Waals surface area contributed by atoms with Gasteiger partial charge in [-0.05, 0) is 24.3 Å². The van der Waals surface area contributed by atoms with E-state index < -0.39 is 12.2 Å². The van der Waals surface area contributed by atoms with Gasteiger partial charge in [0.15, 0.2) is 12.4 Å². The number of amides is 2. The first-order valence-electron chi connectivity index (χ1n) is 6.60. The predicted molar refractivity (Wildman–Crippen MR) is 73.3 cm³/mol. The number of morpholine rings is 1. The van der Waals surface area contributed by atoms with Crippen LogP contribution in [0, 0.1) is 0 Å². The molecule has 0 aromatic heterocycles. The maximum absolute atomic E-state index is 11.7. The normalized spacial score (nSPS) is 22.4. The standard InChI is InChI=1S/C14H14N2O5/c17-8-12-7-16(14(19)21-12)11-3-1-10(2-4-11)15-5-6-20-9-13(15)18/h1-4,8,12H,5-7,9H2. The van der Waals surface area contributed by atoms with Crippen LogP contribution in [0.2, 0.25) is 0 Å². The van der Waals surface area contributed by atoms with Crippen molar-refractivity contribution in [3.63, 3.8) is 0 Å². The average Bonchev–Trinajstić information content (AvgIpc) is 2.89.